The highest BCUT2D eigenvalue weighted by atomic mass is 35.5. The van der Waals surface area contributed by atoms with Crippen molar-refractivity contribution in [3.05, 3.63) is 28.2 Å². The molecular formula is C9H8Cl2F3N. The third-order valence-electron chi connectivity index (χ3n) is 1.66. The molecule has 6 heteroatoms. The molecule has 0 aromatic heterocycles. The topological polar surface area (TPSA) is 12.0 Å². The molecule has 0 aliphatic heterocycles. The van der Waals surface area contributed by atoms with Crippen LogP contribution in [0.4, 0.5) is 18.9 Å². The zero-order chi connectivity index (χ0) is 11.5. The monoisotopic (exact) mass is 257 g/mol. The Hall–Kier alpha value is -0.610. The fourth-order valence-corrected chi connectivity index (χ4v) is 1.45. The average Bonchev–Trinajstić information content (AvgIpc) is 2.07. The molecule has 1 aromatic rings. The zero-order valence-corrected chi connectivity index (χ0v) is 9.05. The molecule has 0 bridgehead atoms. The minimum absolute atomic E-state index is 0.204. The van der Waals surface area contributed by atoms with Crippen LogP contribution in [0.15, 0.2) is 18.2 Å². The molecule has 0 spiro atoms. The first-order valence-electron chi connectivity index (χ1n) is 4.14. The summed E-state index contributed by atoms with van der Waals surface area (Å²) in [6.07, 6.45) is -5.06. The van der Waals surface area contributed by atoms with Crippen LogP contribution in [-0.4, -0.2) is 12.7 Å². The van der Waals surface area contributed by atoms with Crippen molar-refractivity contribution in [3.63, 3.8) is 0 Å². The lowest BCUT2D eigenvalue weighted by molar-refractivity contribution is -0.131. The predicted molar refractivity (Wildman–Crippen MR) is 55.6 cm³/mol. The van der Waals surface area contributed by atoms with Crippen LogP contribution in [-0.2, 0) is 0 Å². The largest absolute Gasteiger partial charge is 0.390 e. The Bertz CT molecular complexity index is 339. The minimum atomic E-state index is -4.16. The average molecular weight is 258 g/mol. The van der Waals surface area contributed by atoms with E-state index in [1.807, 2.05) is 0 Å². The molecule has 0 saturated heterocycles. The summed E-state index contributed by atoms with van der Waals surface area (Å²) in [5.74, 6) is 0. The fraction of sp³-hybridized carbons (Fsp3) is 0.333. The number of hydrogen-bond donors (Lipinski definition) is 1. The maximum Gasteiger partial charge on any atom is 0.390 e. The Morgan fingerprint density at radius 2 is 1.87 bits per heavy atom. The summed E-state index contributed by atoms with van der Waals surface area (Å²) in [4.78, 5) is 0. The van der Waals surface area contributed by atoms with Crippen molar-refractivity contribution in [2.75, 3.05) is 11.9 Å². The van der Waals surface area contributed by atoms with E-state index in [2.05, 4.69) is 5.32 Å². The zero-order valence-electron chi connectivity index (χ0n) is 7.54. The summed E-state index contributed by atoms with van der Waals surface area (Å²) >= 11 is 11.4. The van der Waals surface area contributed by atoms with Gasteiger partial charge in [0.1, 0.15) is 0 Å². The number of nitrogens with one attached hydrogen (secondary N) is 1. The first-order valence-corrected chi connectivity index (χ1v) is 4.90. The predicted octanol–water partition coefficient (Wildman–Crippen LogP) is 4.36. The van der Waals surface area contributed by atoms with Crippen LogP contribution in [0.2, 0.25) is 10.0 Å². The van der Waals surface area contributed by atoms with E-state index in [4.69, 9.17) is 23.2 Å². The van der Waals surface area contributed by atoms with Gasteiger partial charge in [-0.1, -0.05) is 23.2 Å². The summed E-state index contributed by atoms with van der Waals surface area (Å²) in [6.45, 7) is -0.204. The summed E-state index contributed by atoms with van der Waals surface area (Å²) in [7, 11) is 0. The smallest absolute Gasteiger partial charge is 0.384 e. The van der Waals surface area contributed by atoms with Gasteiger partial charge in [-0.25, -0.2) is 0 Å². The minimum Gasteiger partial charge on any atom is -0.384 e. The molecule has 0 heterocycles. The van der Waals surface area contributed by atoms with E-state index in [0.717, 1.165) is 0 Å². The van der Waals surface area contributed by atoms with E-state index < -0.39 is 12.6 Å². The van der Waals surface area contributed by atoms with E-state index in [-0.39, 0.29) is 6.54 Å². The summed E-state index contributed by atoms with van der Waals surface area (Å²) in [5, 5.41) is 3.34. The Balaban J connectivity index is 2.51. The third-order valence-corrected chi connectivity index (χ3v) is 2.20. The molecule has 0 aliphatic carbocycles. The number of rotatable bonds is 3. The Kier molecular flexibility index (Phi) is 4.11. The van der Waals surface area contributed by atoms with Gasteiger partial charge in [-0.2, -0.15) is 13.2 Å². The quantitative estimate of drug-likeness (QED) is 0.849. The lowest BCUT2D eigenvalue weighted by atomic mass is 10.3. The van der Waals surface area contributed by atoms with Crippen molar-refractivity contribution in [2.45, 2.75) is 12.6 Å². The van der Waals surface area contributed by atoms with E-state index in [9.17, 15) is 13.2 Å². The van der Waals surface area contributed by atoms with Gasteiger partial charge in [-0.05, 0) is 18.2 Å². The normalized spacial score (nSPS) is 11.5. The molecule has 1 nitrogen and oxygen atoms in total. The molecule has 1 N–H and O–H groups in total. The van der Waals surface area contributed by atoms with Crippen LogP contribution in [0.3, 0.4) is 0 Å². The van der Waals surface area contributed by atoms with Gasteiger partial charge in [-0.15, -0.1) is 0 Å². The Labute approximate surface area is 95.2 Å². The van der Waals surface area contributed by atoms with Crippen LogP contribution < -0.4 is 5.32 Å². The number of hydrogen-bond acceptors (Lipinski definition) is 1. The Morgan fingerprint density at radius 3 is 2.40 bits per heavy atom. The highest BCUT2D eigenvalue weighted by molar-refractivity contribution is 6.36. The number of halogens is 5. The first-order chi connectivity index (χ1) is 6.88. The third kappa shape index (κ3) is 4.62. The molecule has 0 saturated carbocycles. The molecule has 0 aliphatic rings. The maximum absolute atomic E-state index is 11.8. The van der Waals surface area contributed by atoms with E-state index in [1.165, 1.54) is 6.07 Å². The standard InChI is InChI=1S/C9H8Cl2F3N/c10-6-1-2-8(7(11)5-6)15-4-3-9(12,13)14/h1-2,5,15H,3-4H2. The molecule has 0 atom stereocenters. The number of anilines is 1. The van der Waals surface area contributed by atoms with Crippen molar-refractivity contribution in [2.24, 2.45) is 0 Å². The van der Waals surface area contributed by atoms with Crippen molar-refractivity contribution < 1.29 is 13.2 Å². The molecule has 1 rings (SSSR count). The second kappa shape index (κ2) is 4.94. The highest BCUT2D eigenvalue weighted by Crippen LogP contribution is 2.26. The van der Waals surface area contributed by atoms with E-state index >= 15 is 0 Å². The second-order valence-electron chi connectivity index (χ2n) is 2.92. The molecule has 15 heavy (non-hydrogen) atoms. The van der Waals surface area contributed by atoms with Gasteiger partial charge >= 0.3 is 6.18 Å². The molecule has 0 unspecified atom stereocenters. The maximum atomic E-state index is 11.8. The van der Waals surface area contributed by atoms with Gasteiger partial charge in [0.15, 0.2) is 0 Å². The van der Waals surface area contributed by atoms with Crippen LogP contribution in [0.1, 0.15) is 6.42 Å². The number of alkyl halides is 3. The van der Waals surface area contributed by atoms with Crippen molar-refractivity contribution in [1.82, 2.24) is 0 Å². The molecular weight excluding hydrogens is 250 g/mol. The molecule has 0 fully saturated rings. The first kappa shape index (κ1) is 12.5. The van der Waals surface area contributed by atoms with Gasteiger partial charge < -0.3 is 5.32 Å². The molecule has 1 aromatic carbocycles. The van der Waals surface area contributed by atoms with E-state index in [0.29, 0.717) is 15.7 Å². The molecule has 0 amide bonds. The molecule has 0 radical (unpaired) electrons. The summed E-state index contributed by atoms with van der Waals surface area (Å²) < 4.78 is 35.5. The van der Waals surface area contributed by atoms with Crippen LogP contribution >= 0.6 is 23.2 Å². The van der Waals surface area contributed by atoms with Crippen molar-refractivity contribution in [3.8, 4) is 0 Å². The summed E-state index contributed by atoms with van der Waals surface area (Å²) in [5.41, 5.74) is 0.449. The van der Waals surface area contributed by atoms with Gasteiger partial charge in [0.05, 0.1) is 17.1 Å². The Morgan fingerprint density at radius 1 is 1.20 bits per heavy atom. The van der Waals surface area contributed by atoms with Gasteiger partial charge in [0, 0.05) is 11.6 Å². The van der Waals surface area contributed by atoms with Crippen LogP contribution in [0, 0.1) is 0 Å². The van der Waals surface area contributed by atoms with E-state index in [1.54, 1.807) is 12.1 Å². The lowest BCUT2D eigenvalue weighted by Gasteiger charge is -2.10. The SMILES string of the molecule is FC(F)(F)CCNc1ccc(Cl)cc1Cl. The molecule has 84 valence electrons. The summed E-state index contributed by atoms with van der Waals surface area (Å²) in [6, 6.07) is 4.57. The van der Waals surface area contributed by atoms with Crippen molar-refractivity contribution in [1.29, 1.82) is 0 Å². The highest BCUT2D eigenvalue weighted by Gasteiger charge is 2.26. The second-order valence-corrected chi connectivity index (χ2v) is 3.76. The van der Waals surface area contributed by atoms with Crippen LogP contribution in [0.25, 0.3) is 0 Å². The lowest BCUT2D eigenvalue weighted by Crippen LogP contribution is -2.14. The van der Waals surface area contributed by atoms with Gasteiger partial charge in [-0.3, -0.25) is 0 Å². The van der Waals surface area contributed by atoms with Gasteiger partial charge in [0.2, 0.25) is 0 Å². The van der Waals surface area contributed by atoms with Crippen LogP contribution in [0.5, 0.6) is 0 Å². The fourth-order valence-electron chi connectivity index (χ4n) is 0.972. The van der Waals surface area contributed by atoms with Crippen molar-refractivity contribution >= 4 is 28.9 Å². The van der Waals surface area contributed by atoms with Gasteiger partial charge in [0.25, 0.3) is 0 Å². The number of benzene rings is 1.